The van der Waals surface area contributed by atoms with Crippen LogP contribution in [0.3, 0.4) is 0 Å². The van der Waals surface area contributed by atoms with E-state index in [9.17, 15) is 9.18 Å². The molecular formula is C25H40FN3O2Si. The fourth-order valence-corrected chi connectivity index (χ4v) is 5.04. The van der Waals surface area contributed by atoms with Gasteiger partial charge in [0, 0.05) is 31.3 Å². The van der Waals surface area contributed by atoms with Crippen molar-refractivity contribution in [1.29, 1.82) is 5.26 Å². The van der Waals surface area contributed by atoms with Gasteiger partial charge in [0.05, 0.1) is 6.07 Å². The van der Waals surface area contributed by atoms with Gasteiger partial charge in [-0.3, -0.25) is 4.79 Å². The van der Waals surface area contributed by atoms with E-state index in [4.69, 9.17) is 9.69 Å². The monoisotopic (exact) mass is 461 g/mol. The topological polar surface area (TPSA) is 65.4 Å². The van der Waals surface area contributed by atoms with Crippen LogP contribution in [0.15, 0.2) is 18.2 Å². The highest BCUT2D eigenvalue weighted by Crippen LogP contribution is 2.38. The van der Waals surface area contributed by atoms with Gasteiger partial charge in [-0.15, -0.1) is 0 Å². The number of nitrogens with zero attached hydrogens (tertiary/aromatic N) is 2. The molecule has 178 valence electrons. The lowest BCUT2D eigenvalue weighted by molar-refractivity contribution is -0.133. The molecule has 1 N–H and O–H groups in total. The van der Waals surface area contributed by atoms with Crippen LogP contribution in [0.25, 0.3) is 0 Å². The molecule has 0 spiro atoms. The summed E-state index contributed by atoms with van der Waals surface area (Å²) in [7, 11) is -1.78. The Balaban J connectivity index is 1.78. The SMILES string of the molecule is CC(C)(C#N)Nc1ccc(CCCC(=O)N2CCC(O[Si](C)(C)C(C)(C)C)CC2)c(F)c1. The largest absolute Gasteiger partial charge is 0.414 e. The van der Waals surface area contributed by atoms with Crippen molar-refractivity contribution >= 4 is 19.9 Å². The number of carbonyl (C=O) groups excluding carboxylic acids is 1. The molecule has 7 heteroatoms. The van der Waals surface area contributed by atoms with E-state index in [0.717, 1.165) is 25.9 Å². The summed E-state index contributed by atoms with van der Waals surface area (Å²) in [5, 5.41) is 12.3. The number of nitrogens with one attached hydrogen (secondary N) is 1. The number of anilines is 1. The number of benzene rings is 1. The second-order valence-electron chi connectivity index (χ2n) is 11.0. The smallest absolute Gasteiger partial charge is 0.222 e. The van der Waals surface area contributed by atoms with E-state index in [-0.39, 0.29) is 22.9 Å². The fourth-order valence-electron chi connectivity index (χ4n) is 3.62. The van der Waals surface area contributed by atoms with Crippen LogP contribution >= 0.6 is 0 Å². The number of rotatable bonds is 8. The first-order valence-electron chi connectivity index (χ1n) is 11.7. The number of amides is 1. The highest BCUT2D eigenvalue weighted by molar-refractivity contribution is 6.74. The third-order valence-corrected chi connectivity index (χ3v) is 11.2. The molecule has 1 aliphatic heterocycles. The van der Waals surface area contributed by atoms with E-state index in [0.29, 0.717) is 30.5 Å². The summed E-state index contributed by atoms with van der Waals surface area (Å²) in [6, 6.07) is 7.08. The Hall–Kier alpha value is -1.91. The van der Waals surface area contributed by atoms with Crippen LogP contribution in [0.4, 0.5) is 10.1 Å². The van der Waals surface area contributed by atoms with Crippen molar-refractivity contribution in [2.75, 3.05) is 18.4 Å². The average molecular weight is 462 g/mol. The van der Waals surface area contributed by atoms with Crippen LogP contribution in [0, 0.1) is 17.1 Å². The van der Waals surface area contributed by atoms with E-state index in [1.807, 2.05) is 4.90 Å². The van der Waals surface area contributed by atoms with Crippen LogP contribution < -0.4 is 5.32 Å². The molecule has 0 saturated carbocycles. The summed E-state index contributed by atoms with van der Waals surface area (Å²) >= 11 is 0. The number of likely N-dealkylation sites (tertiary alicyclic amines) is 1. The van der Waals surface area contributed by atoms with E-state index >= 15 is 0 Å². The summed E-state index contributed by atoms with van der Waals surface area (Å²) in [6.45, 7) is 16.3. The lowest BCUT2D eigenvalue weighted by Gasteiger charge is -2.42. The second kappa shape index (κ2) is 10.3. The number of hydrogen-bond acceptors (Lipinski definition) is 4. The van der Waals surface area contributed by atoms with E-state index in [2.05, 4.69) is 45.3 Å². The number of nitriles is 1. The van der Waals surface area contributed by atoms with Crippen molar-refractivity contribution in [1.82, 2.24) is 4.90 Å². The van der Waals surface area contributed by atoms with Gasteiger partial charge in [-0.25, -0.2) is 4.39 Å². The number of hydrogen-bond donors (Lipinski definition) is 1. The van der Waals surface area contributed by atoms with Crippen molar-refractivity contribution in [3.05, 3.63) is 29.6 Å². The summed E-state index contributed by atoms with van der Waals surface area (Å²) in [4.78, 5) is 14.6. The quantitative estimate of drug-likeness (QED) is 0.491. The molecule has 0 bridgehead atoms. The maximum absolute atomic E-state index is 14.4. The molecule has 5 nitrogen and oxygen atoms in total. The van der Waals surface area contributed by atoms with Crippen LogP contribution in [-0.4, -0.2) is 43.9 Å². The molecule has 0 aromatic heterocycles. The second-order valence-corrected chi connectivity index (χ2v) is 15.7. The predicted molar refractivity (Wildman–Crippen MR) is 131 cm³/mol. The Morgan fingerprint density at radius 3 is 2.41 bits per heavy atom. The summed E-state index contributed by atoms with van der Waals surface area (Å²) in [5.74, 6) is -0.162. The van der Waals surface area contributed by atoms with Gasteiger partial charge in [0.1, 0.15) is 11.4 Å². The van der Waals surface area contributed by atoms with Gasteiger partial charge in [-0.1, -0.05) is 26.8 Å². The number of piperidine rings is 1. The molecule has 0 radical (unpaired) electrons. The molecule has 2 rings (SSSR count). The highest BCUT2D eigenvalue weighted by Gasteiger charge is 2.39. The third kappa shape index (κ3) is 7.31. The number of halogens is 1. The fraction of sp³-hybridized carbons (Fsp3) is 0.680. The lowest BCUT2D eigenvalue weighted by Crippen LogP contribution is -2.48. The first-order chi connectivity index (χ1) is 14.7. The van der Waals surface area contributed by atoms with Crippen molar-refractivity contribution in [2.24, 2.45) is 0 Å². The molecule has 0 aliphatic carbocycles. The van der Waals surface area contributed by atoms with Crippen LogP contribution in [-0.2, 0) is 15.6 Å². The Morgan fingerprint density at radius 2 is 1.88 bits per heavy atom. The summed E-state index contributed by atoms with van der Waals surface area (Å²) < 4.78 is 20.9. The summed E-state index contributed by atoms with van der Waals surface area (Å²) in [6.07, 6.45) is 3.58. The van der Waals surface area contributed by atoms with Gasteiger partial charge in [-0.2, -0.15) is 5.26 Å². The van der Waals surface area contributed by atoms with Crippen LogP contribution in [0.5, 0.6) is 0 Å². The third-order valence-electron chi connectivity index (χ3n) is 6.69. The Bertz CT molecular complexity index is 835. The molecule has 1 aliphatic rings. The van der Waals surface area contributed by atoms with Crippen molar-refractivity contribution in [2.45, 2.75) is 96.5 Å². The molecule has 0 unspecified atom stereocenters. The van der Waals surface area contributed by atoms with E-state index in [1.54, 1.807) is 26.0 Å². The minimum Gasteiger partial charge on any atom is -0.414 e. The standard InChI is InChI=1S/C25H40FN3O2Si/c1-24(2,3)32(6,7)31-21-13-15-29(16-14-21)23(30)10-8-9-19-11-12-20(17-22(19)26)28-25(4,5)18-27/h11-12,17,21,28H,8-10,13-16H2,1-7H3. The average Bonchev–Trinajstić information content (AvgIpc) is 2.68. The van der Waals surface area contributed by atoms with E-state index in [1.165, 1.54) is 6.07 Å². The molecule has 1 fully saturated rings. The molecule has 1 aromatic carbocycles. The van der Waals surface area contributed by atoms with Gasteiger partial charge < -0.3 is 14.6 Å². The first kappa shape index (κ1) is 26.3. The Labute approximate surface area is 194 Å². The van der Waals surface area contributed by atoms with Crippen LogP contribution in [0.2, 0.25) is 18.1 Å². The minimum absolute atomic E-state index is 0.144. The van der Waals surface area contributed by atoms with Gasteiger partial charge in [0.15, 0.2) is 8.32 Å². The molecule has 1 saturated heterocycles. The Kier molecular flexibility index (Phi) is 8.52. The molecular weight excluding hydrogens is 421 g/mol. The Morgan fingerprint density at radius 1 is 1.25 bits per heavy atom. The van der Waals surface area contributed by atoms with Gasteiger partial charge >= 0.3 is 0 Å². The predicted octanol–water partition coefficient (Wildman–Crippen LogP) is 5.88. The van der Waals surface area contributed by atoms with Gasteiger partial charge in [-0.05, 0) is 75.4 Å². The zero-order valence-electron chi connectivity index (χ0n) is 20.8. The van der Waals surface area contributed by atoms with Gasteiger partial charge in [0.25, 0.3) is 0 Å². The molecule has 32 heavy (non-hydrogen) atoms. The zero-order valence-corrected chi connectivity index (χ0v) is 21.8. The molecule has 1 amide bonds. The van der Waals surface area contributed by atoms with Crippen molar-refractivity contribution < 1.29 is 13.6 Å². The zero-order chi connectivity index (χ0) is 24.2. The van der Waals surface area contributed by atoms with Crippen molar-refractivity contribution in [3.8, 4) is 6.07 Å². The molecule has 0 atom stereocenters. The van der Waals surface area contributed by atoms with Crippen LogP contribution in [0.1, 0.15) is 65.9 Å². The normalized spacial score (nSPS) is 16.0. The lowest BCUT2D eigenvalue weighted by atomic mass is 10.0. The van der Waals surface area contributed by atoms with Gasteiger partial charge in [0.2, 0.25) is 5.91 Å². The van der Waals surface area contributed by atoms with E-state index < -0.39 is 13.9 Å². The molecule has 1 heterocycles. The minimum atomic E-state index is -1.78. The molecule has 1 aromatic rings. The maximum Gasteiger partial charge on any atom is 0.222 e. The first-order valence-corrected chi connectivity index (χ1v) is 14.6. The summed E-state index contributed by atoms with van der Waals surface area (Å²) in [5.41, 5.74) is 0.417. The highest BCUT2D eigenvalue weighted by atomic mass is 28.4. The van der Waals surface area contributed by atoms with Crippen molar-refractivity contribution in [3.63, 3.8) is 0 Å². The maximum atomic E-state index is 14.4. The number of aryl methyl sites for hydroxylation is 1. The number of carbonyl (C=O) groups is 1.